The highest BCUT2D eigenvalue weighted by Gasteiger charge is 2.11. The summed E-state index contributed by atoms with van der Waals surface area (Å²) in [6.45, 7) is 2.44. The zero-order valence-corrected chi connectivity index (χ0v) is 8.38. The number of aromatic nitrogens is 4. The van der Waals surface area contributed by atoms with Crippen LogP contribution < -0.4 is 17.2 Å². The molecule has 2 rings (SSSR count). The molecule has 0 fully saturated rings. The SMILES string of the molecule is C[C@H](N)Cn1c(N)nc2cnc(N)nc21. The van der Waals surface area contributed by atoms with Crippen LogP contribution in [0.3, 0.4) is 0 Å². The molecule has 2 heterocycles. The molecule has 0 aliphatic heterocycles. The smallest absolute Gasteiger partial charge is 0.222 e. The van der Waals surface area contributed by atoms with E-state index in [9.17, 15) is 0 Å². The van der Waals surface area contributed by atoms with Crippen molar-refractivity contribution >= 4 is 23.1 Å². The minimum atomic E-state index is -0.0270. The lowest BCUT2D eigenvalue weighted by molar-refractivity contribution is 0.605. The Balaban J connectivity index is 2.60. The number of imidazole rings is 1. The molecule has 0 aliphatic carbocycles. The number of hydrogen-bond donors (Lipinski definition) is 3. The van der Waals surface area contributed by atoms with E-state index in [0.717, 1.165) is 0 Å². The number of fused-ring (bicyclic) bond motifs is 1. The van der Waals surface area contributed by atoms with Crippen molar-refractivity contribution in [1.82, 2.24) is 19.5 Å². The lowest BCUT2D eigenvalue weighted by Gasteiger charge is -2.08. The summed E-state index contributed by atoms with van der Waals surface area (Å²) in [6, 6.07) is -0.0270. The molecule has 0 aliphatic rings. The van der Waals surface area contributed by atoms with Gasteiger partial charge < -0.3 is 17.2 Å². The third kappa shape index (κ3) is 1.68. The monoisotopic (exact) mass is 207 g/mol. The Hall–Kier alpha value is -1.89. The number of nitrogens with zero attached hydrogens (tertiary/aromatic N) is 4. The lowest BCUT2D eigenvalue weighted by atomic mass is 10.3. The number of anilines is 2. The van der Waals surface area contributed by atoms with E-state index in [1.165, 1.54) is 0 Å². The van der Waals surface area contributed by atoms with Crippen molar-refractivity contribution in [1.29, 1.82) is 0 Å². The van der Waals surface area contributed by atoms with E-state index in [-0.39, 0.29) is 12.0 Å². The van der Waals surface area contributed by atoms with Crippen LogP contribution in [-0.2, 0) is 6.54 Å². The summed E-state index contributed by atoms with van der Waals surface area (Å²) in [5.41, 5.74) is 18.2. The molecule has 7 nitrogen and oxygen atoms in total. The predicted molar refractivity (Wildman–Crippen MR) is 57.8 cm³/mol. The van der Waals surface area contributed by atoms with E-state index in [0.29, 0.717) is 23.7 Å². The third-order valence-corrected chi connectivity index (χ3v) is 2.01. The molecule has 0 saturated heterocycles. The van der Waals surface area contributed by atoms with E-state index in [2.05, 4.69) is 15.0 Å². The maximum Gasteiger partial charge on any atom is 0.222 e. The summed E-state index contributed by atoms with van der Waals surface area (Å²) in [4.78, 5) is 12.0. The van der Waals surface area contributed by atoms with Gasteiger partial charge in [0.05, 0.1) is 6.20 Å². The van der Waals surface area contributed by atoms with Gasteiger partial charge >= 0.3 is 0 Å². The first-order chi connectivity index (χ1) is 7.08. The fourth-order valence-corrected chi connectivity index (χ4v) is 1.42. The lowest BCUT2D eigenvalue weighted by Crippen LogP contribution is -2.23. The molecule has 15 heavy (non-hydrogen) atoms. The summed E-state index contributed by atoms with van der Waals surface area (Å²) in [5, 5.41) is 0. The van der Waals surface area contributed by atoms with Crippen LogP contribution in [0.4, 0.5) is 11.9 Å². The molecular formula is C8H13N7. The molecule has 0 unspecified atom stereocenters. The molecule has 0 bridgehead atoms. The van der Waals surface area contributed by atoms with E-state index < -0.39 is 0 Å². The van der Waals surface area contributed by atoms with Crippen LogP contribution in [0.2, 0.25) is 0 Å². The Labute approximate surface area is 86.3 Å². The number of rotatable bonds is 2. The van der Waals surface area contributed by atoms with Gasteiger partial charge in [0.2, 0.25) is 11.9 Å². The molecule has 0 saturated carbocycles. The van der Waals surface area contributed by atoms with Gasteiger partial charge in [-0.1, -0.05) is 0 Å². The van der Waals surface area contributed by atoms with Crippen molar-refractivity contribution in [3.05, 3.63) is 6.20 Å². The quantitative estimate of drug-likeness (QED) is 0.600. The summed E-state index contributed by atoms with van der Waals surface area (Å²) in [7, 11) is 0. The summed E-state index contributed by atoms with van der Waals surface area (Å²) in [5.74, 6) is 0.579. The summed E-state index contributed by atoms with van der Waals surface area (Å²) < 4.78 is 1.73. The van der Waals surface area contributed by atoms with Crippen LogP contribution in [0.15, 0.2) is 6.20 Å². The van der Waals surface area contributed by atoms with Crippen molar-refractivity contribution in [3.8, 4) is 0 Å². The van der Waals surface area contributed by atoms with E-state index in [1.807, 2.05) is 6.92 Å². The van der Waals surface area contributed by atoms with Crippen molar-refractivity contribution in [3.63, 3.8) is 0 Å². The van der Waals surface area contributed by atoms with Crippen LogP contribution in [0, 0.1) is 0 Å². The minimum Gasteiger partial charge on any atom is -0.369 e. The fourth-order valence-electron chi connectivity index (χ4n) is 1.42. The standard InChI is InChI=1S/C8H13N7/c1-4(9)3-15-6-5(13-8(15)11)2-12-7(10)14-6/h2,4H,3,9H2,1H3,(H2,11,13)(H2,10,12,14)/t4-/m0/s1. The molecule has 0 spiro atoms. The van der Waals surface area contributed by atoms with Gasteiger partial charge in [0.1, 0.15) is 5.52 Å². The molecule has 80 valence electrons. The highest BCUT2D eigenvalue weighted by Crippen LogP contribution is 2.15. The Bertz CT molecular complexity index is 487. The highest BCUT2D eigenvalue weighted by atomic mass is 15.2. The normalized spacial score (nSPS) is 13.2. The van der Waals surface area contributed by atoms with Crippen LogP contribution in [0.5, 0.6) is 0 Å². The first-order valence-corrected chi connectivity index (χ1v) is 4.57. The zero-order valence-electron chi connectivity index (χ0n) is 8.38. The number of hydrogen-bond acceptors (Lipinski definition) is 6. The maximum absolute atomic E-state index is 5.74. The van der Waals surface area contributed by atoms with Crippen molar-refractivity contribution in [2.45, 2.75) is 19.5 Å². The van der Waals surface area contributed by atoms with Gasteiger partial charge in [0.25, 0.3) is 0 Å². The minimum absolute atomic E-state index is 0.0270. The largest absolute Gasteiger partial charge is 0.369 e. The van der Waals surface area contributed by atoms with Crippen LogP contribution in [0.25, 0.3) is 11.2 Å². The average molecular weight is 207 g/mol. The van der Waals surface area contributed by atoms with Crippen molar-refractivity contribution < 1.29 is 0 Å². The molecule has 2 aromatic rings. The highest BCUT2D eigenvalue weighted by molar-refractivity contribution is 5.74. The molecule has 0 amide bonds. The Morgan fingerprint density at radius 2 is 2.13 bits per heavy atom. The third-order valence-electron chi connectivity index (χ3n) is 2.01. The van der Waals surface area contributed by atoms with Gasteiger partial charge in [0, 0.05) is 12.6 Å². The van der Waals surface area contributed by atoms with Crippen molar-refractivity contribution in [2.24, 2.45) is 5.73 Å². The van der Waals surface area contributed by atoms with Crippen LogP contribution in [0.1, 0.15) is 6.92 Å². The van der Waals surface area contributed by atoms with E-state index in [4.69, 9.17) is 17.2 Å². The van der Waals surface area contributed by atoms with Gasteiger partial charge in [0.15, 0.2) is 5.65 Å². The van der Waals surface area contributed by atoms with Gasteiger partial charge in [-0.3, -0.25) is 4.57 Å². The Morgan fingerprint density at radius 1 is 1.40 bits per heavy atom. The van der Waals surface area contributed by atoms with Gasteiger partial charge in [-0.25, -0.2) is 9.97 Å². The second kappa shape index (κ2) is 3.35. The van der Waals surface area contributed by atoms with Crippen molar-refractivity contribution in [2.75, 3.05) is 11.5 Å². The number of nitrogens with two attached hydrogens (primary N) is 3. The average Bonchev–Trinajstić information content (AvgIpc) is 2.43. The molecule has 2 aromatic heterocycles. The topological polar surface area (TPSA) is 122 Å². The molecule has 7 heteroatoms. The Morgan fingerprint density at radius 3 is 2.80 bits per heavy atom. The molecule has 0 radical (unpaired) electrons. The van der Waals surface area contributed by atoms with E-state index in [1.54, 1.807) is 10.8 Å². The molecule has 0 aromatic carbocycles. The first kappa shape index (κ1) is 9.66. The summed E-state index contributed by atoms with van der Waals surface area (Å²) >= 11 is 0. The predicted octanol–water partition coefficient (Wildman–Crippen LogP) is -0.662. The number of nitrogen functional groups attached to an aromatic ring is 2. The first-order valence-electron chi connectivity index (χ1n) is 4.57. The molecule has 6 N–H and O–H groups in total. The van der Waals surface area contributed by atoms with Crippen LogP contribution in [-0.4, -0.2) is 25.6 Å². The second-order valence-electron chi connectivity index (χ2n) is 3.49. The second-order valence-corrected chi connectivity index (χ2v) is 3.49. The van der Waals surface area contributed by atoms with Crippen LogP contribution >= 0.6 is 0 Å². The fraction of sp³-hybridized carbons (Fsp3) is 0.375. The maximum atomic E-state index is 5.74. The molecule has 1 atom stereocenters. The summed E-state index contributed by atoms with van der Waals surface area (Å²) in [6.07, 6.45) is 1.55. The van der Waals surface area contributed by atoms with Gasteiger partial charge in [-0.05, 0) is 6.92 Å². The van der Waals surface area contributed by atoms with Gasteiger partial charge in [-0.15, -0.1) is 0 Å². The van der Waals surface area contributed by atoms with Gasteiger partial charge in [-0.2, -0.15) is 4.98 Å². The zero-order chi connectivity index (χ0) is 11.0. The van der Waals surface area contributed by atoms with E-state index >= 15 is 0 Å². The molecular weight excluding hydrogens is 194 g/mol. The Kier molecular flexibility index (Phi) is 2.16.